The summed E-state index contributed by atoms with van der Waals surface area (Å²) >= 11 is 0. The molecule has 1 rings (SSSR count). The Kier molecular flexibility index (Phi) is 7.12. The van der Waals surface area contributed by atoms with Crippen LogP contribution < -0.4 is 5.32 Å². The Morgan fingerprint density at radius 1 is 1.39 bits per heavy atom. The van der Waals surface area contributed by atoms with Crippen LogP contribution in [-0.2, 0) is 4.74 Å². The van der Waals surface area contributed by atoms with Gasteiger partial charge in [-0.05, 0) is 12.5 Å². The molecule has 0 radical (unpaired) electrons. The molecule has 0 fully saturated rings. The fourth-order valence-electron chi connectivity index (χ4n) is 1.56. The average Bonchev–Trinajstić information content (AvgIpc) is 2.42. The van der Waals surface area contributed by atoms with Gasteiger partial charge >= 0.3 is 0 Å². The van der Waals surface area contributed by atoms with Gasteiger partial charge in [-0.15, -0.1) is 12.3 Å². The molecule has 0 aliphatic rings. The van der Waals surface area contributed by atoms with Crippen molar-refractivity contribution >= 4 is 0 Å². The average molecular weight is 247 g/mol. The van der Waals surface area contributed by atoms with E-state index in [9.17, 15) is 5.11 Å². The highest BCUT2D eigenvalue weighted by atomic mass is 16.5. The second-order valence-electron chi connectivity index (χ2n) is 4.20. The monoisotopic (exact) mass is 247 g/mol. The van der Waals surface area contributed by atoms with E-state index in [2.05, 4.69) is 11.2 Å². The standard InChI is InChI=1S/C15H21NO2/c1-3-4-10-16-11-15(17)12-18-13(2)14-8-6-5-7-9-14/h1,5-9,13,15-17H,4,10-12H2,2H3. The zero-order valence-corrected chi connectivity index (χ0v) is 10.8. The molecule has 2 N–H and O–H groups in total. The topological polar surface area (TPSA) is 41.5 Å². The molecular weight excluding hydrogens is 226 g/mol. The Labute approximate surface area is 109 Å². The van der Waals surface area contributed by atoms with E-state index in [-0.39, 0.29) is 6.10 Å². The third kappa shape index (κ3) is 5.83. The Balaban J connectivity index is 2.18. The van der Waals surface area contributed by atoms with Crippen molar-refractivity contribution in [1.29, 1.82) is 0 Å². The summed E-state index contributed by atoms with van der Waals surface area (Å²) in [5.74, 6) is 2.54. The van der Waals surface area contributed by atoms with Crippen LogP contribution in [0.2, 0.25) is 0 Å². The van der Waals surface area contributed by atoms with Crippen molar-refractivity contribution in [2.45, 2.75) is 25.6 Å². The van der Waals surface area contributed by atoms with Crippen LogP contribution in [0, 0.1) is 12.3 Å². The molecular formula is C15H21NO2. The molecule has 3 nitrogen and oxygen atoms in total. The summed E-state index contributed by atoms with van der Waals surface area (Å²) in [4.78, 5) is 0. The highest BCUT2D eigenvalue weighted by molar-refractivity contribution is 5.16. The first-order valence-electron chi connectivity index (χ1n) is 6.23. The molecule has 3 heteroatoms. The normalized spacial score (nSPS) is 13.8. The summed E-state index contributed by atoms with van der Waals surface area (Å²) in [6.45, 7) is 3.53. The molecule has 0 aromatic heterocycles. The van der Waals surface area contributed by atoms with Crippen LogP contribution in [0.4, 0.5) is 0 Å². The van der Waals surface area contributed by atoms with Gasteiger partial charge in [0.2, 0.25) is 0 Å². The maximum atomic E-state index is 9.71. The summed E-state index contributed by atoms with van der Waals surface area (Å²) in [5.41, 5.74) is 1.12. The van der Waals surface area contributed by atoms with Gasteiger partial charge in [0.05, 0.1) is 18.8 Å². The lowest BCUT2D eigenvalue weighted by atomic mass is 10.1. The Morgan fingerprint density at radius 3 is 2.78 bits per heavy atom. The van der Waals surface area contributed by atoms with Crippen LogP contribution in [0.3, 0.4) is 0 Å². The number of ether oxygens (including phenoxy) is 1. The summed E-state index contributed by atoms with van der Waals surface area (Å²) in [6, 6.07) is 9.96. The minimum atomic E-state index is -0.506. The van der Waals surface area contributed by atoms with Crippen molar-refractivity contribution in [2.75, 3.05) is 19.7 Å². The zero-order chi connectivity index (χ0) is 13.2. The van der Waals surface area contributed by atoms with Crippen LogP contribution in [0.5, 0.6) is 0 Å². The van der Waals surface area contributed by atoms with E-state index in [1.54, 1.807) is 0 Å². The number of hydrogen-bond acceptors (Lipinski definition) is 3. The third-order valence-corrected chi connectivity index (χ3v) is 2.63. The van der Waals surface area contributed by atoms with Crippen molar-refractivity contribution in [3.05, 3.63) is 35.9 Å². The third-order valence-electron chi connectivity index (χ3n) is 2.63. The molecule has 0 saturated carbocycles. The molecule has 2 unspecified atom stereocenters. The number of aliphatic hydroxyl groups excluding tert-OH is 1. The molecule has 2 atom stereocenters. The van der Waals surface area contributed by atoms with Gasteiger partial charge in [0.15, 0.2) is 0 Å². The molecule has 1 aromatic rings. The first-order chi connectivity index (χ1) is 8.74. The van der Waals surface area contributed by atoms with Gasteiger partial charge in [-0.1, -0.05) is 30.3 Å². The quantitative estimate of drug-likeness (QED) is 0.543. The lowest BCUT2D eigenvalue weighted by Crippen LogP contribution is -2.31. The summed E-state index contributed by atoms with van der Waals surface area (Å²) in [6.07, 6.45) is 5.29. The summed E-state index contributed by atoms with van der Waals surface area (Å²) in [7, 11) is 0. The van der Waals surface area contributed by atoms with E-state index >= 15 is 0 Å². The Bertz CT molecular complexity index is 359. The second kappa shape index (κ2) is 8.71. The van der Waals surface area contributed by atoms with E-state index in [1.807, 2.05) is 37.3 Å². The number of rotatable bonds is 8. The molecule has 1 aromatic carbocycles. The highest BCUT2D eigenvalue weighted by Crippen LogP contribution is 2.15. The summed E-state index contributed by atoms with van der Waals surface area (Å²) < 4.78 is 5.62. The van der Waals surface area contributed by atoms with Crippen molar-refractivity contribution in [3.8, 4) is 12.3 Å². The molecule has 0 saturated heterocycles. The number of aliphatic hydroxyl groups is 1. The van der Waals surface area contributed by atoms with Crippen molar-refractivity contribution in [1.82, 2.24) is 5.32 Å². The van der Waals surface area contributed by atoms with E-state index in [4.69, 9.17) is 11.2 Å². The minimum absolute atomic E-state index is 0.00782. The number of benzene rings is 1. The fraction of sp³-hybridized carbons (Fsp3) is 0.467. The molecule has 0 amide bonds. The van der Waals surface area contributed by atoms with Crippen LogP contribution in [-0.4, -0.2) is 30.9 Å². The molecule has 0 aliphatic carbocycles. The summed E-state index contributed by atoms with van der Waals surface area (Å²) in [5, 5.41) is 12.8. The number of nitrogens with one attached hydrogen (secondary N) is 1. The van der Waals surface area contributed by atoms with Crippen molar-refractivity contribution in [3.63, 3.8) is 0 Å². The SMILES string of the molecule is C#CCCNCC(O)COC(C)c1ccccc1. The number of terminal acetylenes is 1. The van der Waals surface area contributed by atoms with Gasteiger partial charge in [-0.25, -0.2) is 0 Å². The van der Waals surface area contributed by atoms with Gasteiger partial charge in [-0.3, -0.25) is 0 Å². The van der Waals surface area contributed by atoms with Crippen molar-refractivity contribution in [2.24, 2.45) is 0 Å². The van der Waals surface area contributed by atoms with Crippen LogP contribution in [0.15, 0.2) is 30.3 Å². The molecule has 0 aliphatic heterocycles. The maximum absolute atomic E-state index is 9.71. The predicted molar refractivity (Wildman–Crippen MR) is 73.1 cm³/mol. The van der Waals surface area contributed by atoms with Gasteiger partial charge < -0.3 is 15.2 Å². The van der Waals surface area contributed by atoms with Gasteiger partial charge in [0.1, 0.15) is 0 Å². The second-order valence-corrected chi connectivity index (χ2v) is 4.20. The van der Waals surface area contributed by atoms with Crippen LogP contribution in [0.1, 0.15) is 25.0 Å². The molecule has 98 valence electrons. The fourth-order valence-corrected chi connectivity index (χ4v) is 1.56. The molecule has 0 spiro atoms. The molecule has 18 heavy (non-hydrogen) atoms. The largest absolute Gasteiger partial charge is 0.389 e. The minimum Gasteiger partial charge on any atom is -0.389 e. The van der Waals surface area contributed by atoms with Crippen LogP contribution >= 0.6 is 0 Å². The van der Waals surface area contributed by atoms with E-state index in [1.165, 1.54) is 0 Å². The smallest absolute Gasteiger partial charge is 0.0897 e. The number of hydrogen-bond donors (Lipinski definition) is 2. The Morgan fingerprint density at radius 2 is 2.11 bits per heavy atom. The predicted octanol–water partition coefficient (Wildman–Crippen LogP) is 1.74. The van der Waals surface area contributed by atoms with Gasteiger partial charge in [0.25, 0.3) is 0 Å². The van der Waals surface area contributed by atoms with E-state index < -0.39 is 6.10 Å². The lowest BCUT2D eigenvalue weighted by molar-refractivity contribution is -0.00189. The zero-order valence-electron chi connectivity index (χ0n) is 10.8. The van der Waals surface area contributed by atoms with E-state index in [0.29, 0.717) is 19.6 Å². The van der Waals surface area contributed by atoms with Gasteiger partial charge in [-0.2, -0.15) is 0 Å². The first-order valence-corrected chi connectivity index (χ1v) is 6.23. The van der Waals surface area contributed by atoms with Crippen LogP contribution in [0.25, 0.3) is 0 Å². The molecule has 0 bridgehead atoms. The molecule has 0 heterocycles. The first kappa shape index (κ1) is 14.7. The van der Waals surface area contributed by atoms with Gasteiger partial charge in [0, 0.05) is 19.5 Å². The highest BCUT2D eigenvalue weighted by Gasteiger charge is 2.09. The Hall–Kier alpha value is -1.34. The lowest BCUT2D eigenvalue weighted by Gasteiger charge is -2.17. The van der Waals surface area contributed by atoms with Crippen molar-refractivity contribution < 1.29 is 9.84 Å². The van der Waals surface area contributed by atoms with E-state index in [0.717, 1.165) is 12.1 Å². The maximum Gasteiger partial charge on any atom is 0.0897 e.